The molecule has 0 spiro atoms. The molecule has 8 nitrogen and oxygen atoms in total. The molecule has 8 heteroatoms. The van der Waals surface area contributed by atoms with Crippen molar-refractivity contribution in [1.29, 1.82) is 0 Å². The van der Waals surface area contributed by atoms with Gasteiger partial charge in [-0.1, -0.05) is 32.1 Å². The third kappa shape index (κ3) is 7.10. The van der Waals surface area contributed by atoms with Crippen molar-refractivity contribution < 1.29 is 19.6 Å². The van der Waals surface area contributed by atoms with Gasteiger partial charge in [0.1, 0.15) is 0 Å². The van der Waals surface area contributed by atoms with Crippen molar-refractivity contribution in [2.75, 3.05) is 33.2 Å². The van der Waals surface area contributed by atoms with E-state index in [1.807, 2.05) is 7.05 Å². The van der Waals surface area contributed by atoms with E-state index in [1.165, 1.54) is 6.42 Å². The van der Waals surface area contributed by atoms with Crippen molar-refractivity contribution in [3.63, 3.8) is 0 Å². The number of likely N-dealkylation sites (tertiary alicyclic amines) is 1. The van der Waals surface area contributed by atoms with Crippen LogP contribution >= 0.6 is 0 Å². The SMILES string of the molecule is CNC1CCN(C(=O)CNC(=O)C(CC2CCCCC2)CN(O)C=O)CC1. The summed E-state index contributed by atoms with van der Waals surface area (Å²) in [6.45, 7) is 1.33. The van der Waals surface area contributed by atoms with Gasteiger partial charge in [0.15, 0.2) is 0 Å². The number of hydrogen-bond donors (Lipinski definition) is 3. The molecule has 2 rings (SSSR count). The average molecular weight is 383 g/mol. The zero-order chi connectivity index (χ0) is 19.6. The topological polar surface area (TPSA) is 102 Å². The summed E-state index contributed by atoms with van der Waals surface area (Å²) >= 11 is 0. The van der Waals surface area contributed by atoms with E-state index in [1.54, 1.807) is 4.90 Å². The summed E-state index contributed by atoms with van der Waals surface area (Å²) < 4.78 is 0. The molecule has 0 aromatic carbocycles. The normalized spacial score (nSPS) is 20.1. The molecule has 2 fully saturated rings. The molecule has 1 atom stereocenters. The maximum Gasteiger partial charge on any atom is 0.241 e. The van der Waals surface area contributed by atoms with Gasteiger partial charge in [-0.05, 0) is 32.2 Å². The van der Waals surface area contributed by atoms with Crippen LogP contribution in [-0.4, -0.2) is 72.7 Å². The third-order valence-corrected chi connectivity index (χ3v) is 5.91. The monoisotopic (exact) mass is 382 g/mol. The van der Waals surface area contributed by atoms with Gasteiger partial charge >= 0.3 is 0 Å². The highest BCUT2D eigenvalue weighted by atomic mass is 16.5. The predicted octanol–water partition coefficient (Wildman–Crippen LogP) is 0.747. The number of carbonyl (C=O) groups excluding carboxylic acids is 3. The molecule has 2 aliphatic rings. The minimum atomic E-state index is -0.494. The molecule has 3 amide bonds. The van der Waals surface area contributed by atoms with E-state index in [0.29, 0.717) is 42.9 Å². The van der Waals surface area contributed by atoms with Gasteiger partial charge in [0.2, 0.25) is 18.2 Å². The van der Waals surface area contributed by atoms with Crippen LogP contribution in [0.2, 0.25) is 0 Å². The Hall–Kier alpha value is -1.67. The van der Waals surface area contributed by atoms with Crippen molar-refractivity contribution in [3.8, 4) is 0 Å². The Balaban J connectivity index is 1.82. The molecule has 1 saturated heterocycles. The predicted molar refractivity (Wildman–Crippen MR) is 101 cm³/mol. The van der Waals surface area contributed by atoms with Crippen molar-refractivity contribution in [2.45, 2.75) is 57.4 Å². The molecule has 0 aromatic rings. The smallest absolute Gasteiger partial charge is 0.241 e. The lowest BCUT2D eigenvalue weighted by atomic mass is 9.82. The first kappa shape index (κ1) is 21.6. The molecule has 1 unspecified atom stereocenters. The first-order valence-corrected chi connectivity index (χ1v) is 10.2. The Kier molecular flexibility index (Phi) is 9.00. The zero-order valence-electron chi connectivity index (χ0n) is 16.4. The minimum absolute atomic E-state index is 0.0310. The van der Waals surface area contributed by atoms with E-state index in [0.717, 1.165) is 38.5 Å². The lowest BCUT2D eigenvalue weighted by Gasteiger charge is -2.32. The molecule has 1 aliphatic carbocycles. The number of amides is 3. The molecule has 154 valence electrons. The van der Waals surface area contributed by atoms with Crippen molar-refractivity contribution in [2.24, 2.45) is 11.8 Å². The second-order valence-electron chi connectivity index (χ2n) is 7.83. The van der Waals surface area contributed by atoms with Crippen LogP contribution in [0.25, 0.3) is 0 Å². The fraction of sp³-hybridized carbons (Fsp3) is 0.842. The number of nitrogens with one attached hydrogen (secondary N) is 2. The summed E-state index contributed by atoms with van der Waals surface area (Å²) in [5, 5.41) is 16.0. The van der Waals surface area contributed by atoms with Gasteiger partial charge in [-0.15, -0.1) is 0 Å². The second-order valence-corrected chi connectivity index (χ2v) is 7.83. The molecule has 1 aliphatic heterocycles. The summed E-state index contributed by atoms with van der Waals surface area (Å²) in [4.78, 5) is 37.5. The fourth-order valence-corrected chi connectivity index (χ4v) is 4.19. The zero-order valence-corrected chi connectivity index (χ0v) is 16.4. The Morgan fingerprint density at radius 3 is 2.44 bits per heavy atom. The van der Waals surface area contributed by atoms with Crippen LogP contribution in [0.3, 0.4) is 0 Å². The molecule has 3 N–H and O–H groups in total. The number of piperidine rings is 1. The van der Waals surface area contributed by atoms with Crippen LogP contribution < -0.4 is 10.6 Å². The van der Waals surface area contributed by atoms with Crippen LogP contribution in [0.1, 0.15) is 51.4 Å². The van der Waals surface area contributed by atoms with Gasteiger partial charge in [0, 0.05) is 19.1 Å². The Morgan fingerprint density at radius 2 is 1.85 bits per heavy atom. The highest BCUT2D eigenvalue weighted by molar-refractivity contribution is 5.86. The van der Waals surface area contributed by atoms with Gasteiger partial charge in [0.25, 0.3) is 0 Å². The van der Waals surface area contributed by atoms with E-state index in [2.05, 4.69) is 10.6 Å². The molecular formula is C19H34N4O4. The van der Waals surface area contributed by atoms with Crippen LogP contribution in [0.5, 0.6) is 0 Å². The lowest BCUT2D eigenvalue weighted by molar-refractivity contribution is -0.155. The number of hydrogen-bond acceptors (Lipinski definition) is 5. The van der Waals surface area contributed by atoms with Crippen molar-refractivity contribution in [1.82, 2.24) is 20.6 Å². The van der Waals surface area contributed by atoms with E-state index in [9.17, 15) is 19.6 Å². The van der Waals surface area contributed by atoms with Gasteiger partial charge < -0.3 is 15.5 Å². The van der Waals surface area contributed by atoms with Gasteiger partial charge in [0.05, 0.1) is 19.0 Å². The van der Waals surface area contributed by atoms with Crippen LogP contribution in [0, 0.1) is 11.8 Å². The van der Waals surface area contributed by atoms with Crippen molar-refractivity contribution in [3.05, 3.63) is 0 Å². The maximum absolute atomic E-state index is 12.6. The molecule has 27 heavy (non-hydrogen) atoms. The van der Waals surface area contributed by atoms with Gasteiger partial charge in [-0.3, -0.25) is 19.6 Å². The van der Waals surface area contributed by atoms with E-state index in [4.69, 9.17) is 0 Å². The first-order chi connectivity index (χ1) is 13.0. The van der Waals surface area contributed by atoms with Gasteiger partial charge in [-0.25, -0.2) is 5.06 Å². The van der Waals surface area contributed by atoms with Crippen LogP contribution in [0.4, 0.5) is 0 Å². The fourth-order valence-electron chi connectivity index (χ4n) is 4.19. The van der Waals surface area contributed by atoms with E-state index < -0.39 is 5.92 Å². The molecule has 1 saturated carbocycles. The average Bonchev–Trinajstić information content (AvgIpc) is 2.71. The molecule has 0 aromatic heterocycles. The molecule has 1 heterocycles. The molecule has 0 bridgehead atoms. The van der Waals surface area contributed by atoms with E-state index >= 15 is 0 Å². The summed E-state index contributed by atoms with van der Waals surface area (Å²) in [7, 11) is 1.93. The minimum Gasteiger partial charge on any atom is -0.347 e. The van der Waals surface area contributed by atoms with E-state index in [-0.39, 0.29) is 24.9 Å². The molecular weight excluding hydrogens is 348 g/mol. The summed E-state index contributed by atoms with van der Waals surface area (Å²) in [6, 6.07) is 0.447. The third-order valence-electron chi connectivity index (χ3n) is 5.91. The maximum atomic E-state index is 12.6. The second kappa shape index (κ2) is 11.2. The van der Waals surface area contributed by atoms with Crippen LogP contribution in [-0.2, 0) is 14.4 Å². The highest BCUT2D eigenvalue weighted by Crippen LogP contribution is 2.29. The number of carbonyl (C=O) groups is 3. The standard InChI is InChI=1S/C19H34N4O4/c1-20-17-7-9-22(10-8-17)18(25)12-21-19(26)16(13-23(27)14-24)11-15-5-3-2-4-6-15/h14-17,20,27H,2-13H2,1H3,(H,21,26). The number of hydroxylamine groups is 2. The Labute approximate surface area is 161 Å². The Bertz CT molecular complexity index is 488. The van der Waals surface area contributed by atoms with Gasteiger partial charge in [-0.2, -0.15) is 0 Å². The molecule has 0 radical (unpaired) electrons. The number of rotatable bonds is 9. The van der Waals surface area contributed by atoms with Crippen LogP contribution in [0.15, 0.2) is 0 Å². The number of nitrogens with zero attached hydrogens (tertiary/aromatic N) is 2. The Morgan fingerprint density at radius 1 is 1.19 bits per heavy atom. The summed E-state index contributed by atoms with van der Waals surface area (Å²) in [6.07, 6.45) is 8.50. The lowest BCUT2D eigenvalue weighted by Crippen LogP contribution is -2.48. The quantitative estimate of drug-likeness (QED) is 0.310. The van der Waals surface area contributed by atoms with Crippen molar-refractivity contribution >= 4 is 18.2 Å². The largest absolute Gasteiger partial charge is 0.347 e. The summed E-state index contributed by atoms with van der Waals surface area (Å²) in [5.41, 5.74) is 0. The first-order valence-electron chi connectivity index (χ1n) is 10.2. The highest BCUT2D eigenvalue weighted by Gasteiger charge is 2.27. The summed E-state index contributed by atoms with van der Waals surface area (Å²) in [5.74, 6) is -0.401.